The van der Waals surface area contributed by atoms with Crippen molar-refractivity contribution in [2.75, 3.05) is 13.7 Å². The Morgan fingerprint density at radius 1 is 1.41 bits per heavy atom. The first-order valence-corrected chi connectivity index (χ1v) is 7.74. The molecule has 0 saturated heterocycles. The molecule has 1 atom stereocenters. The van der Waals surface area contributed by atoms with Gasteiger partial charge in [-0.25, -0.2) is 0 Å². The number of nitrogens with one attached hydrogen (secondary N) is 1. The van der Waals surface area contributed by atoms with Crippen molar-refractivity contribution in [3.8, 4) is 11.4 Å². The van der Waals surface area contributed by atoms with Crippen LogP contribution in [0.2, 0.25) is 0 Å². The number of carbonyl (C=O) groups is 1. The minimum absolute atomic E-state index is 0.0153. The van der Waals surface area contributed by atoms with Crippen molar-refractivity contribution in [2.24, 2.45) is 0 Å². The maximum Gasteiger partial charge on any atom is 0.227 e. The van der Waals surface area contributed by atoms with Gasteiger partial charge in [-0.2, -0.15) is 4.98 Å². The van der Waals surface area contributed by atoms with Gasteiger partial charge in [-0.05, 0) is 31.2 Å². The number of ether oxygens (including phenoxy) is 1. The van der Waals surface area contributed by atoms with Crippen LogP contribution in [0.25, 0.3) is 11.4 Å². The van der Waals surface area contributed by atoms with E-state index in [1.54, 1.807) is 7.11 Å². The second kappa shape index (κ2) is 8.05. The highest BCUT2D eigenvalue weighted by molar-refractivity contribution is 9.10. The molecule has 1 aromatic heterocycles. The zero-order chi connectivity index (χ0) is 15.9. The Bertz CT molecular complexity index is 613. The summed E-state index contributed by atoms with van der Waals surface area (Å²) in [4.78, 5) is 16.1. The number of carbonyl (C=O) groups excluding carboxylic acids is 1. The van der Waals surface area contributed by atoms with Crippen LogP contribution < -0.4 is 5.32 Å². The van der Waals surface area contributed by atoms with Gasteiger partial charge in [-0.15, -0.1) is 0 Å². The molecule has 1 heterocycles. The lowest BCUT2D eigenvalue weighted by molar-refractivity contribution is -0.122. The van der Waals surface area contributed by atoms with Crippen molar-refractivity contribution < 1.29 is 14.1 Å². The summed E-state index contributed by atoms with van der Waals surface area (Å²) >= 11 is 3.38. The van der Waals surface area contributed by atoms with Crippen LogP contribution in [0.15, 0.2) is 33.3 Å². The van der Waals surface area contributed by atoms with E-state index in [1.807, 2.05) is 31.2 Å². The van der Waals surface area contributed by atoms with Gasteiger partial charge in [0.2, 0.25) is 17.6 Å². The fourth-order valence-electron chi connectivity index (χ4n) is 1.93. The molecule has 1 aromatic carbocycles. The Labute approximate surface area is 137 Å². The molecule has 22 heavy (non-hydrogen) atoms. The average molecular weight is 368 g/mol. The van der Waals surface area contributed by atoms with Crippen molar-refractivity contribution in [1.29, 1.82) is 0 Å². The van der Waals surface area contributed by atoms with Crippen molar-refractivity contribution in [3.63, 3.8) is 0 Å². The largest absolute Gasteiger partial charge is 0.383 e. The SMILES string of the molecule is COC[C@@H](C)NC(=O)CCc1nc(-c2ccc(Br)cc2)no1. The molecule has 2 aromatic rings. The van der Waals surface area contributed by atoms with Crippen LogP contribution in [-0.4, -0.2) is 35.8 Å². The smallest absolute Gasteiger partial charge is 0.227 e. The maximum absolute atomic E-state index is 11.8. The third-order valence-corrected chi connectivity index (χ3v) is 3.49. The summed E-state index contributed by atoms with van der Waals surface area (Å²) in [5.41, 5.74) is 0.872. The number of rotatable bonds is 7. The fraction of sp³-hybridized carbons (Fsp3) is 0.400. The van der Waals surface area contributed by atoms with Crippen molar-refractivity contribution in [3.05, 3.63) is 34.6 Å². The number of methoxy groups -OCH3 is 1. The Morgan fingerprint density at radius 2 is 2.14 bits per heavy atom. The number of aromatic nitrogens is 2. The molecule has 0 bridgehead atoms. The number of nitrogens with zero attached hydrogens (tertiary/aromatic N) is 2. The predicted molar refractivity (Wildman–Crippen MR) is 85.2 cm³/mol. The van der Waals surface area contributed by atoms with Gasteiger partial charge in [-0.1, -0.05) is 21.1 Å². The van der Waals surface area contributed by atoms with E-state index in [4.69, 9.17) is 9.26 Å². The molecule has 0 fully saturated rings. The quantitative estimate of drug-likeness (QED) is 0.813. The van der Waals surface area contributed by atoms with Crippen LogP contribution in [0.4, 0.5) is 0 Å². The van der Waals surface area contributed by atoms with E-state index in [9.17, 15) is 4.79 Å². The number of aryl methyl sites for hydroxylation is 1. The van der Waals surface area contributed by atoms with Crippen LogP contribution in [-0.2, 0) is 16.0 Å². The highest BCUT2D eigenvalue weighted by Crippen LogP contribution is 2.19. The molecule has 7 heteroatoms. The number of halogens is 1. The molecule has 0 aliphatic carbocycles. The molecule has 0 unspecified atom stereocenters. The lowest BCUT2D eigenvalue weighted by atomic mass is 10.2. The fourth-order valence-corrected chi connectivity index (χ4v) is 2.20. The molecule has 0 aliphatic rings. The summed E-state index contributed by atoms with van der Waals surface area (Å²) in [5.74, 6) is 0.913. The van der Waals surface area contributed by atoms with Gasteiger partial charge >= 0.3 is 0 Å². The molecule has 0 aliphatic heterocycles. The van der Waals surface area contributed by atoms with E-state index >= 15 is 0 Å². The zero-order valence-electron chi connectivity index (χ0n) is 12.5. The first kappa shape index (κ1) is 16.6. The van der Waals surface area contributed by atoms with Crippen molar-refractivity contribution in [2.45, 2.75) is 25.8 Å². The molecule has 2 rings (SSSR count). The number of hydrogen-bond acceptors (Lipinski definition) is 5. The van der Waals surface area contributed by atoms with Crippen LogP contribution >= 0.6 is 15.9 Å². The predicted octanol–water partition coefficient (Wildman–Crippen LogP) is 2.58. The van der Waals surface area contributed by atoms with Crippen molar-refractivity contribution >= 4 is 21.8 Å². The summed E-state index contributed by atoms with van der Waals surface area (Å²) in [6, 6.07) is 7.61. The van der Waals surface area contributed by atoms with Gasteiger partial charge in [-0.3, -0.25) is 4.79 Å². The summed E-state index contributed by atoms with van der Waals surface area (Å²) < 4.78 is 11.1. The van der Waals surface area contributed by atoms with E-state index in [0.717, 1.165) is 10.0 Å². The summed E-state index contributed by atoms with van der Waals surface area (Å²) in [6.45, 7) is 2.37. The Kier molecular flexibility index (Phi) is 6.09. The molecule has 0 saturated carbocycles. The van der Waals surface area contributed by atoms with Crippen LogP contribution in [0, 0.1) is 0 Å². The Morgan fingerprint density at radius 3 is 2.82 bits per heavy atom. The minimum Gasteiger partial charge on any atom is -0.383 e. The summed E-state index contributed by atoms with van der Waals surface area (Å²) in [6.07, 6.45) is 0.713. The summed E-state index contributed by atoms with van der Waals surface area (Å²) in [5, 5.41) is 6.77. The molecule has 1 amide bonds. The Hall–Kier alpha value is -1.73. The second-order valence-electron chi connectivity index (χ2n) is 4.94. The normalized spacial score (nSPS) is 12.1. The molecule has 118 valence electrons. The molecular formula is C15H18BrN3O3. The van der Waals surface area contributed by atoms with Crippen LogP contribution in [0.5, 0.6) is 0 Å². The standard InChI is InChI=1S/C15H18BrN3O3/c1-10(9-21-2)17-13(20)7-8-14-18-15(19-22-14)11-3-5-12(16)6-4-11/h3-6,10H,7-9H2,1-2H3,(H,17,20)/t10-/m1/s1. The van der Waals surface area contributed by atoms with E-state index < -0.39 is 0 Å². The second-order valence-corrected chi connectivity index (χ2v) is 5.86. The monoisotopic (exact) mass is 367 g/mol. The van der Waals surface area contributed by atoms with Crippen LogP contribution in [0.3, 0.4) is 0 Å². The lowest BCUT2D eigenvalue weighted by Gasteiger charge is -2.11. The van der Waals surface area contributed by atoms with Gasteiger partial charge in [0.25, 0.3) is 0 Å². The molecule has 0 spiro atoms. The highest BCUT2D eigenvalue weighted by atomic mass is 79.9. The zero-order valence-corrected chi connectivity index (χ0v) is 14.1. The average Bonchev–Trinajstić information content (AvgIpc) is 2.95. The Balaban J connectivity index is 1.87. The molecule has 1 N–H and O–H groups in total. The van der Waals surface area contributed by atoms with Crippen molar-refractivity contribution in [1.82, 2.24) is 15.5 Å². The third kappa shape index (κ3) is 4.92. The van der Waals surface area contributed by atoms with Gasteiger partial charge < -0.3 is 14.6 Å². The van der Waals surface area contributed by atoms with Gasteiger partial charge in [0.1, 0.15) is 0 Å². The number of amides is 1. The summed E-state index contributed by atoms with van der Waals surface area (Å²) in [7, 11) is 1.60. The maximum atomic E-state index is 11.8. The highest BCUT2D eigenvalue weighted by Gasteiger charge is 2.12. The van der Waals surface area contributed by atoms with Gasteiger partial charge in [0.15, 0.2) is 0 Å². The van der Waals surface area contributed by atoms with E-state index in [1.165, 1.54) is 0 Å². The first-order valence-electron chi connectivity index (χ1n) is 6.95. The van der Waals surface area contributed by atoms with Gasteiger partial charge in [0, 0.05) is 36.0 Å². The topological polar surface area (TPSA) is 77.2 Å². The van der Waals surface area contributed by atoms with E-state index in [0.29, 0.717) is 31.2 Å². The molecule has 0 radical (unpaired) electrons. The first-order chi connectivity index (χ1) is 10.6. The van der Waals surface area contributed by atoms with E-state index in [2.05, 4.69) is 31.4 Å². The molecule has 6 nitrogen and oxygen atoms in total. The minimum atomic E-state index is -0.0621. The number of benzene rings is 1. The van der Waals surface area contributed by atoms with Crippen LogP contribution in [0.1, 0.15) is 19.2 Å². The lowest BCUT2D eigenvalue weighted by Crippen LogP contribution is -2.35. The number of hydrogen-bond donors (Lipinski definition) is 1. The molecular weight excluding hydrogens is 350 g/mol. The third-order valence-electron chi connectivity index (χ3n) is 2.96. The van der Waals surface area contributed by atoms with E-state index in [-0.39, 0.29) is 11.9 Å². The van der Waals surface area contributed by atoms with Gasteiger partial charge in [0.05, 0.1) is 6.61 Å².